The number of nitrogen functional groups attached to an aromatic ring is 1. The maximum atomic E-state index is 11.2. The molecule has 0 atom stereocenters. The Morgan fingerprint density at radius 1 is 1.42 bits per heavy atom. The monoisotopic (exact) mass is 260 g/mol. The summed E-state index contributed by atoms with van der Waals surface area (Å²) >= 11 is 0. The smallest absolute Gasteiger partial charge is 0.307 e. The molecule has 0 aliphatic rings. The molecule has 0 fully saturated rings. The van der Waals surface area contributed by atoms with Gasteiger partial charge in [0.25, 0.3) is 0 Å². The maximum absolute atomic E-state index is 11.2. The lowest BCUT2D eigenvalue weighted by Crippen LogP contribution is -2.12. The van der Waals surface area contributed by atoms with E-state index < -0.39 is 0 Å². The van der Waals surface area contributed by atoms with Crippen LogP contribution >= 0.6 is 0 Å². The number of nitrogens with zero attached hydrogens (tertiary/aromatic N) is 2. The molecule has 19 heavy (non-hydrogen) atoms. The number of esters is 1. The highest BCUT2D eigenvalue weighted by atomic mass is 16.5. The fourth-order valence-corrected chi connectivity index (χ4v) is 1.73. The van der Waals surface area contributed by atoms with Crippen LogP contribution in [-0.2, 0) is 9.53 Å². The molecule has 0 bridgehead atoms. The summed E-state index contributed by atoms with van der Waals surface area (Å²) in [5.74, 6) is 0.465. The van der Waals surface area contributed by atoms with Crippen molar-refractivity contribution in [2.24, 2.45) is 0 Å². The molecule has 3 N–H and O–H groups in total. The first-order valence-corrected chi connectivity index (χ1v) is 6.10. The molecule has 100 valence electrons. The second kappa shape index (κ2) is 5.99. The third-order valence-corrected chi connectivity index (χ3v) is 2.59. The lowest BCUT2D eigenvalue weighted by Gasteiger charge is -2.08. The van der Waals surface area contributed by atoms with Gasteiger partial charge in [-0.3, -0.25) is 4.79 Å². The summed E-state index contributed by atoms with van der Waals surface area (Å²) in [5, 5.41) is 3.98. The Morgan fingerprint density at radius 3 is 3.05 bits per heavy atom. The number of ether oxygens (including phenoxy) is 1. The number of rotatable bonds is 5. The highest BCUT2D eigenvalue weighted by molar-refractivity contribution is 5.90. The predicted molar refractivity (Wildman–Crippen MR) is 73.7 cm³/mol. The zero-order valence-electron chi connectivity index (χ0n) is 10.7. The number of anilines is 2. The van der Waals surface area contributed by atoms with E-state index in [1.807, 2.05) is 6.07 Å². The van der Waals surface area contributed by atoms with Crippen molar-refractivity contribution >= 4 is 28.4 Å². The summed E-state index contributed by atoms with van der Waals surface area (Å²) in [6, 6.07) is 5.44. The summed E-state index contributed by atoms with van der Waals surface area (Å²) in [7, 11) is 0. The van der Waals surface area contributed by atoms with Crippen molar-refractivity contribution in [2.45, 2.75) is 13.3 Å². The number of carbonyl (C=O) groups is 1. The molecule has 6 heteroatoms. The Kier molecular flexibility index (Phi) is 4.12. The lowest BCUT2D eigenvalue weighted by molar-refractivity contribution is -0.142. The van der Waals surface area contributed by atoms with E-state index >= 15 is 0 Å². The molecule has 2 rings (SSSR count). The van der Waals surface area contributed by atoms with Gasteiger partial charge in [0.15, 0.2) is 0 Å². The van der Waals surface area contributed by atoms with Gasteiger partial charge < -0.3 is 15.8 Å². The van der Waals surface area contributed by atoms with E-state index in [9.17, 15) is 4.79 Å². The third kappa shape index (κ3) is 3.31. The molecule has 0 spiro atoms. The van der Waals surface area contributed by atoms with E-state index in [4.69, 9.17) is 10.5 Å². The molecule has 1 heterocycles. The minimum Gasteiger partial charge on any atom is -0.466 e. The molecule has 0 radical (unpaired) electrons. The average molecular weight is 260 g/mol. The van der Waals surface area contributed by atoms with Gasteiger partial charge in [0.2, 0.25) is 0 Å². The molecular weight excluding hydrogens is 244 g/mol. The van der Waals surface area contributed by atoms with Gasteiger partial charge in [-0.1, -0.05) is 0 Å². The maximum Gasteiger partial charge on any atom is 0.307 e. The Hall–Kier alpha value is -2.37. The molecule has 0 unspecified atom stereocenters. The summed E-state index contributed by atoms with van der Waals surface area (Å²) in [4.78, 5) is 19.5. The van der Waals surface area contributed by atoms with Crippen molar-refractivity contribution in [2.75, 3.05) is 24.2 Å². The Balaban J connectivity index is 2.06. The number of carbonyl (C=O) groups excluding carboxylic acids is 1. The highest BCUT2D eigenvalue weighted by Crippen LogP contribution is 2.20. The molecule has 0 amide bonds. The third-order valence-electron chi connectivity index (χ3n) is 2.59. The van der Waals surface area contributed by atoms with Crippen molar-refractivity contribution in [1.29, 1.82) is 0 Å². The van der Waals surface area contributed by atoms with E-state index in [2.05, 4.69) is 15.3 Å². The van der Waals surface area contributed by atoms with Crippen molar-refractivity contribution in [1.82, 2.24) is 9.97 Å². The number of nitrogens with two attached hydrogens (primary N) is 1. The second-order valence-electron chi connectivity index (χ2n) is 3.98. The molecule has 0 saturated heterocycles. The Bertz CT molecular complexity index is 586. The normalized spacial score (nSPS) is 10.4. The van der Waals surface area contributed by atoms with Crippen LogP contribution < -0.4 is 11.1 Å². The summed E-state index contributed by atoms with van der Waals surface area (Å²) < 4.78 is 4.85. The SMILES string of the molecule is CCOC(=O)CCNc1ncnc2cc(N)ccc12. The summed E-state index contributed by atoms with van der Waals surface area (Å²) in [6.45, 7) is 2.65. The standard InChI is InChI=1S/C13H16N4O2/c1-2-19-12(18)5-6-15-13-10-4-3-9(14)7-11(10)16-8-17-13/h3-4,7-8H,2,5-6,14H2,1H3,(H,15,16,17). The van der Waals surface area contributed by atoms with Crippen molar-refractivity contribution in [3.05, 3.63) is 24.5 Å². The molecule has 2 aromatic rings. The van der Waals surface area contributed by atoms with Crippen LogP contribution in [0.2, 0.25) is 0 Å². The quantitative estimate of drug-likeness (QED) is 0.626. The van der Waals surface area contributed by atoms with Crippen LogP contribution in [0.25, 0.3) is 10.9 Å². The van der Waals surface area contributed by atoms with E-state index in [1.54, 1.807) is 19.1 Å². The molecule has 1 aromatic carbocycles. The van der Waals surface area contributed by atoms with Crippen LogP contribution in [0.15, 0.2) is 24.5 Å². The summed E-state index contributed by atoms with van der Waals surface area (Å²) in [5.41, 5.74) is 7.13. The van der Waals surface area contributed by atoms with Crippen molar-refractivity contribution in [3.63, 3.8) is 0 Å². The van der Waals surface area contributed by atoms with Gasteiger partial charge in [-0.05, 0) is 25.1 Å². The predicted octanol–water partition coefficient (Wildman–Crippen LogP) is 1.58. The zero-order chi connectivity index (χ0) is 13.7. The van der Waals surface area contributed by atoms with Crippen molar-refractivity contribution in [3.8, 4) is 0 Å². The van der Waals surface area contributed by atoms with Crippen LogP contribution in [0.1, 0.15) is 13.3 Å². The number of fused-ring (bicyclic) bond motifs is 1. The van der Waals surface area contributed by atoms with Crippen molar-refractivity contribution < 1.29 is 9.53 Å². The lowest BCUT2D eigenvalue weighted by atomic mass is 10.2. The molecule has 0 aliphatic heterocycles. The number of nitrogens with one attached hydrogen (secondary N) is 1. The first-order valence-electron chi connectivity index (χ1n) is 6.10. The van der Waals surface area contributed by atoms with Crippen LogP contribution in [0.5, 0.6) is 0 Å². The zero-order valence-corrected chi connectivity index (χ0v) is 10.7. The van der Waals surface area contributed by atoms with E-state index in [0.29, 0.717) is 31.1 Å². The summed E-state index contributed by atoms with van der Waals surface area (Å²) in [6.07, 6.45) is 1.77. The molecule has 1 aromatic heterocycles. The topological polar surface area (TPSA) is 90.1 Å². The van der Waals surface area contributed by atoms with Gasteiger partial charge in [-0.15, -0.1) is 0 Å². The second-order valence-corrected chi connectivity index (χ2v) is 3.98. The number of aromatic nitrogens is 2. The fraction of sp³-hybridized carbons (Fsp3) is 0.308. The first-order chi connectivity index (χ1) is 9.20. The van der Waals surface area contributed by atoms with Gasteiger partial charge in [0.1, 0.15) is 12.1 Å². The van der Waals surface area contributed by atoms with Gasteiger partial charge >= 0.3 is 5.97 Å². The first kappa shape index (κ1) is 13.1. The Labute approximate surface area is 111 Å². The molecule has 0 aliphatic carbocycles. The van der Waals surface area contributed by atoms with Crippen LogP contribution in [0.4, 0.5) is 11.5 Å². The molecule has 6 nitrogen and oxygen atoms in total. The highest BCUT2D eigenvalue weighted by Gasteiger charge is 2.05. The van der Waals surface area contributed by atoms with Gasteiger partial charge in [0.05, 0.1) is 18.5 Å². The van der Waals surface area contributed by atoms with Gasteiger partial charge in [-0.25, -0.2) is 9.97 Å². The Morgan fingerprint density at radius 2 is 2.26 bits per heavy atom. The van der Waals surface area contributed by atoms with Crippen LogP contribution in [0, 0.1) is 0 Å². The van der Waals surface area contributed by atoms with E-state index in [1.165, 1.54) is 6.33 Å². The van der Waals surface area contributed by atoms with Gasteiger partial charge in [0, 0.05) is 17.6 Å². The fourth-order valence-electron chi connectivity index (χ4n) is 1.73. The van der Waals surface area contributed by atoms with E-state index in [-0.39, 0.29) is 5.97 Å². The average Bonchev–Trinajstić information content (AvgIpc) is 2.39. The minimum absolute atomic E-state index is 0.224. The van der Waals surface area contributed by atoms with Crippen LogP contribution in [-0.4, -0.2) is 29.1 Å². The van der Waals surface area contributed by atoms with E-state index in [0.717, 1.165) is 10.9 Å². The minimum atomic E-state index is -0.224. The van der Waals surface area contributed by atoms with Crippen LogP contribution in [0.3, 0.4) is 0 Å². The van der Waals surface area contributed by atoms with Gasteiger partial charge in [-0.2, -0.15) is 0 Å². The number of hydrogen-bond acceptors (Lipinski definition) is 6. The number of benzene rings is 1. The molecule has 0 saturated carbocycles. The largest absolute Gasteiger partial charge is 0.466 e. The number of hydrogen-bond donors (Lipinski definition) is 2. The molecular formula is C13H16N4O2.